The number of esters is 1. The summed E-state index contributed by atoms with van der Waals surface area (Å²) in [6.07, 6.45) is -10.2. The Kier molecular flexibility index (Phi) is 17.9. The highest BCUT2D eigenvalue weighted by atomic mass is 16.8. The summed E-state index contributed by atoms with van der Waals surface area (Å²) in [6, 6.07) is 0. The molecule has 0 aromatic carbocycles. The minimum Gasteiger partial charge on any atom is -0.454 e. The molecule has 10 N–H and O–H groups in total. The first-order valence-electron chi connectivity index (χ1n) is 17.5. The SMILES string of the molecule is CCCCCCCCCCCCCC(=O)O[C@H]1[C@@H](O[C@]2(CO)O[C@H](CO)[C@@H](O)[C@@H]2O)O[C@H](CO[C@H]2O[C@H](CO)[C@H](O)[C@H](O)[C@H]2O)[C@@H](O)[C@@H]1O. The summed E-state index contributed by atoms with van der Waals surface area (Å²) in [5.41, 5.74) is 0. The van der Waals surface area contributed by atoms with Gasteiger partial charge in [-0.3, -0.25) is 4.79 Å². The van der Waals surface area contributed by atoms with E-state index in [1.807, 2.05) is 0 Å². The molecular weight excluding hydrogens is 656 g/mol. The number of aliphatic hydroxyl groups excluding tert-OH is 10. The van der Waals surface area contributed by atoms with Crippen LogP contribution in [0.1, 0.15) is 84.0 Å². The molecule has 0 unspecified atom stereocenters. The molecule has 3 fully saturated rings. The number of carbonyl (C=O) groups excluding carboxylic acids is 1. The van der Waals surface area contributed by atoms with Gasteiger partial charge in [0.2, 0.25) is 12.1 Å². The van der Waals surface area contributed by atoms with Crippen molar-refractivity contribution in [2.24, 2.45) is 0 Å². The number of rotatable bonds is 21. The van der Waals surface area contributed by atoms with Gasteiger partial charge in [-0.15, -0.1) is 0 Å². The zero-order valence-corrected chi connectivity index (χ0v) is 28.1. The Bertz CT molecular complexity index is 943. The molecule has 3 aliphatic heterocycles. The van der Waals surface area contributed by atoms with Crippen LogP contribution >= 0.6 is 0 Å². The average molecular weight is 715 g/mol. The number of carbonyl (C=O) groups is 1. The number of hydrogen-bond acceptors (Lipinski definition) is 17. The van der Waals surface area contributed by atoms with Gasteiger partial charge in [-0.2, -0.15) is 0 Å². The third kappa shape index (κ3) is 11.2. The molecule has 0 spiro atoms. The van der Waals surface area contributed by atoms with Crippen LogP contribution in [0.2, 0.25) is 0 Å². The smallest absolute Gasteiger partial charge is 0.306 e. The quantitative estimate of drug-likeness (QED) is 0.0441. The normalized spacial score (nSPS) is 39.7. The van der Waals surface area contributed by atoms with Crippen molar-refractivity contribution in [1.29, 1.82) is 0 Å². The summed E-state index contributed by atoms with van der Waals surface area (Å²) in [5, 5.41) is 103. The molecule has 3 heterocycles. The molecule has 0 saturated carbocycles. The second kappa shape index (κ2) is 20.8. The zero-order chi connectivity index (χ0) is 36.1. The predicted octanol–water partition coefficient (Wildman–Crippen LogP) is -2.32. The van der Waals surface area contributed by atoms with Crippen LogP contribution in [-0.2, 0) is 33.2 Å². The lowest BCUT2D eigenvalue weighted by atomic mass is 9.98. The van der Waals surface area contributed by atoms with Crippen LogP contribution in [0.25, 0.3) is 0 Å². The first-order chi connectivity index (χ1) is 23.4. The summed E-state index contributed by atoms with van der Waals surface area (Å²) in [6.45, 7) is -1.03. The first kappa shape index (κ1) is 42.3. The highest BCUT2D eigenvalue weighted by Crippen LogP contribution is 2.37. The Morgan fingerprint density at radius 2 is 1.18 bits per heavy atom. The van der Waals surface area contributed by atoms with E-state index in [2.05, 4.69) is 6.92 Å². The van der Waals surface area contributed by atoms with Crippen molar-refractivity contribution < 1.29 is 84.3 Å². The van der Waals surface area contributed by atoms with Crippen LogP contribution in [0.5, 0.6) is 0 Å². The largest absolute Gasteiger partial charge is 0.454 e. The molecule has 0 amide bonds. The van der Waals surface area contributed by atoms with E-state index < -0.39 is 118 Å². The fourth-order valence-electron chi connectivity index (χ4n) is 6.27. The minimum absolute atomic E-state index is 0.0255. The van der Waals surface area contributed by atoms with Crippen molar-refractivity contribution in [3.8, 4) is 0 Å². The standard InChI is InChI=1S/C32H58O17/c1-2-3-4-5-6-7-8-9-10-11-12-13-21(36)47-28-26(41)23(38)20(16-44-30-27(42)25(40)22(37)18(14-33)45-30)46-31(28)49-32(17-35)29(43)24(39)19(15-34)48-32/h18-20,22-31,33-35,37-43H,2-17H2,1H3/t18-,19-,20-,22+,23-,24-,25+,26+,27-,28-,29+,30+,31-,32+/m1/s1. The lowest BCUT2D eigenvalue weighted by molar-refractivity contribution is -0.388. The van der Waals surface area contributed by atoms with E-state index in [0.29, 0.717) is 6.42 Å². The lowest BCUT2D eigenvalue weighted by Crippen LogP contribution is -2.64. The number of aliphatic hydroxyl groups is 10. The van der Waals surface area contributed by atoms with E-state index in [9.17, 15) is 55.9 Å². The Labute approximate surface area is 286 Å². The van der Waals surface area contributed by atoms with Gasteiger partial charge in [0.15, 0.2) is 12.4 Å². The molecule has 0 bridgehead atoms. The number of ether oxygens (including phenoxy) is 6. The summed E-state index contributed by atoms with van der Waals surface area (Å²) < 4.78 is 33.2. The maximum atomic E-state index is 12.9. The zero-order valence-electron chi connectivity index (χ0n) is 28.1. The molecule has 3 saturated heterocycles. The van der Waals surface area contributed by atoms with Crippen LogP contribution < -0.4 is 0 Å². The molecule has 0 aromatic heterocycles. The highest BCUT2D eigenvalue weighted by Gasteiger charge is 2.59. The Morgan fingerprint density at radius 3 is 1.73 bits per heavy atom. The maximum absolute atomic E-state index is 12.9. The Balaban J connectivity index is 1.63. The van der Waals surface area contributed by atoms with Gasteiger partial charge in [0.1, 0.15) is 67.6 Å². The molecule has 49 heavy (non-hydrogen) atoms. The van der Waals surface area contributed by atoms with Gasteiger partial charge in [0, 0.05) is 6.42 Å². The van der Waals surface area contributed by atoms with Crippen LogP contribution in [0.4, 0.5) is 0 Å². The summed E-state index contributed by atoms with van der Waals surface area (Å²) in [4.78, 5) is 12.9. The van der Waals surface area contributed by atoms with Gasteiger partial charge >= 0.3 is 5.97 Å². The Morgan fingerprint density at radius 1 is 0.633 bits per heavy atom. The van der Waals surface area contributed by atoms with Crippen molar-refractivity contribution >= 4 is 5.97 Å². The lowest BCUT2D eigenvalue weighted by Gasteiger charge is -2.45. The Hall–Kier alpha value is -1.13. The topological polar surface area (TPSA) is 275 Å². The van der Waals surface area contributed by atoms with Gasteiger partial charge in [-0.05, 0) is 6.42 Å². The molecule has 17 heteroatoms. The van der Waals surface area contributed by atoms with Gasteiger partial charge in [0.05, 0.1) is 19.8 Å². The van der Waals surface area contributed by atoms with E-state index in [1.54, 1.807) is 0 Å². The third-order valence-corrected chi connectivity index (χ3v) is 9.39. The van der Waals surface area contributed by atoms with Crippen LogP contribution in [0.15, 0.2) is 0 Å². The van der Waals surface area contributed by atoms with Gasteiger partial charge < -0.3 is 79.5 Å². The average Bonchev–Trinajstić information content (AvgIpc) is 3.34. The maximum Gasteiger partial charge on any atom is 0.306 e. The third-order valence-electron chi connectivity index (χ3n) is 9.39. The summed E-state index contributed by atoms with van der Waals surface area (Å²) in [5.74, 6) is -3.16. The predicted molar refractivity (Wildman–Crippen MR) is 166 cm³/mol. The molecule has 0 aromatic rings. The van der Waals surface area contributed by atoms with E-state index in [-0.39, 0.29) is 6.42 Å². The van der Waals surface area contributed by atoms with Gasteiger partial charge in [0.25, 0.3) is 0 Å². The molecule has 3 rings (SSSR count). The van der Waals surface area contributed by atoms with Crippen LogP contribution in [0, 0.1) is 0 Å². The van der Waals surface area contributed by atoms with E-state index in [4.69, 9.17) is 28.4 Å². The fraction of sp³-hybridized carbons (Fsp3) is 0.969. The van der Waals surface area contributed by atoms with Crippen molar-refractivity contribution in [3.05, 3.63) is 0 Å². The second-order valence-corrected chi connectivity index (χ2v) is 13.2. The van der Waals surface area contributed by atoms with Crippen molar-refractivity contribution in [1.82, 2.24) is 0 Å². The van der Waals surface area contributed by atoms with E-state index >= 15 is 0 Å². The van der Waals surface area contributed by atoms with Crippen LogP contribution in [-0.4, -0.2) is 169 Å². The summed E-state index contributed by atoms with van der Waals surface area (Å²) >= 11 is 0. The highest BCUT2D eigenvalue weighted by molar-refractivity contribution is 5.69. The molecule has 14 atom stereocenters. The van der Waals surface area contributed by atoms with Gasteiger partial charge in [-0.1, -0.05) is 71.1 Å². The van der Waals surface area contributed by atoms with Crippen LogP contribution in [0.3, 0.4) is 0 Å². The molecule has 0 radical (unpaired) electrons. The van der Waals surface area contributed by atoms with E-state index in [1.165, 1.54) is 38.5 Å². The number of hydrogen-bond donors (Lipinski definition) is 10. The summed E-state index contributed by atoms with van der Waals surface area (Å²) in [7, 11) is 0. The molecule has 0 aliphatic carbocycles. The molecule has 17 nitrogen and oxygen atoms in total. The molecular formula is C32H58O17. The molecule has 288 valence electrons. The van der Waals surface area contributed by atoms with E-state index in [0.717, 1.165) is 25.7 Å². The van der Waals surface area contributed by atoms with Crippen molar-refractivity contribution in [2.45, 2.75) is 169 Å². The fourth-order valence-corrected chi connectivity index (χ4v) is 6.27. The number of unbranched alkanes of at least 4 members (excludes halogenated alkanes) is 10. The molecule has 3 aliphatic rings. The monoisotopic (exact) mass is 714 g/mol. The van der Waals surface area contributed by atoms with Crippen molar-refractivity contribution in [2.75, 3.05) is 26.4 Å². The minimum atomic E-state index is -2.41. The first-order valence-corrected chi connectivity index (χ1v) is 17.5. The van der Waals surface area contributed by atoms with Crippen molar-refractivity contribution in [3.63, 3.8) is 0 Å². The second-order valence-electron chi connectivity index (χ2n) is 13.2. The van der Waals surface area contributed by atoms with Gasteiger partial charge in [-0.25, -0.2) is 0 Å².